The number of fused-ring (bicyclic) bond motifs is 1. The molecule has 22 heavy (non-hydrogen) atoms. The lowest BCUT2D eigenvalue weighted by Gasteiger charge is -2.37. The molecule has 1 aromatic rings. The minimum Gasteiger partial charge on any atom is -0.392 e. The number of hydrogen-bond acceptors (Lipinski definition) is 4. The molecule has 0 unspecified atom stereocenters. The molecule has 4 atom stereocenters. The van der Waals surface area contributed by atoms with E-state index in [9.17, 15) is 9.90 Å². The molecule has 1 aliphatic heterocycles. The van der Waals surface area contributed by atoms with Gasteiger partial charge in [-0.15, -0.1) is 0 Å². The van der Waals surface area contributed by atoms with Crippen LogP contribution < -0.4 is 5.73 Å². The van der Waals surface area contributed by atoms with Crippen molar-refractivity contribution in [3.8, 4) is 0 Å². The van der Waals surface area contributed by atoms with Crippen molar-refractivity contribution >= 4 is 5.91 Å². The number of aliphatic hydroxyl groups excluding tert-OH is 1. The van der Waals surface area contributed by atoms with Gasteiger partial charge in [0.1, 0.15) is 5.69 Å². The highest BCUT2D eigenvalue weighted by Crippen LogP contribution is 2.48. The Morgan fingerprint density at radius 3 is 2.86 bits per heavy atom. The Labute approximate surface area is 131 Å². The molecular formula is C16H26N4O2. The zero-order valence-corrected chi connectivity index (χ0v) is 13.4. The van der Waals surface area contributed by atoms with Gasteiger partial charge in [-0.05, 0) is 25.3 Å². The van der Waals surface area contributed by atoms with E-state index in [1.807, 2.05) is 4.90 Å². The summed E-state index contributed by atoms with van der Waals surface area (Å²) < 4.78 is 1.61. The molecule has 3 N–H and O–H groups in total. The lowest BCUT2D eigenvalue weighted by molar-refractivity contribution is 0.0119. The third kappa shape index (κ3) is 2.25. The van der Waals surface area contributed by atoms with Crippen LogP contribution >= 0.6 is 0 Å². The average molecular weight is 306 g/mol. The van der Waals surface area contributed by atoms with Gasteiger partial charge in [0.2, 0.25) is 0 Å². The zero-order valence-electron chi connectivity index (χ0n) is 13.4. The number of carbonyl (C=O) groups is 1. The average Bonchev–Trinajstić information content (AvgIpc) is 3.01. The molecule has 1 aromatic heterocycles. The first kappa shape index (κ1) is 15.5. The van der Waals surface area contributed by atoms with Crippen LogP contribution in [0.1, 0.15) is 49.5 Å². The Hall–Kier alpha value is -1.40. The van der Waals surface area contributed by atoms with Crippen molar-refractivity contribution in [1.82, 2.24) is 14.7 Å². The number of likely N-dealkylation sites (tertiary alicyclic amines) is 1. The van der Waals surface area contributed by atoms with E-state index in [0.29, 0.717) is 12.2 Å². The summed E-state index contributed by atoms with van der Waals surface area (Å²) in [6.07, 6.45) is 5.88. The molecule has 6 nitrogen and oxygen atoms in total. The molecule has 3 rings (SSSR count). The van der Waals surface area contributed by atoms with Crippen LogP contribution in [0, 0.1) is 5.41 Å². The second-order valence-electron chi connectivity index (χ2n) is 6.97. The maximum absolute atomic E-state index is 13.0. The minimum atomic E-state index is -0.363. The third-order valence-corrected chi connectivity index (χ3v) is 5.68. The van der Waals surface area contributed by atoms with Crippen molar-refractivity contribution in [3.05, 3.63) is 18.0 Å². The number of rotatable bonds is 2. The quantitative estimate of drug-likeness (QED) is 0.850. The maximum atomic E-state index is 13.0. The fourth-order valence-electron chi connectivity index (χ4n) is 4.37. The standard InChI is InChI=1S/C16H26N4O2/c1-16-9-11(10-17)20(13(16)5-3-4-6-14(16)21)15(22)12-7-8-18-19(12)2/h7-8,11,13-14,21H,3-6,9-10,17H2,1-2H3/t11-,13-,14-,16-/m1/s1. The summed E-state index contributed by atoms with van der Waals surface area (Å²) in [5.74, 6) is -0.0155. The second-order valence-corrected chi connectivity index (χ2v) is 6.97. The third-order valence-electron chi connectivity index (χ3n) is 5.68. The molecule has 2 fully saturated rings. The van der Waals surface area contributed by atoms with Crippen LogP contribution in [-0.2, 0) is 7.05 Å². The highest BCUT2D eigenvalue weighted by Gasteiger charge is 2.54. The fourth-order valence-corrected chi connectivity index (χ4v) is 4.37. The first-order chi connectivity index (χ1) is 10.5. The van der Waals surface area contributed by atoms with Crippen LogP contribution in [0.2, 0.25) is 0 Å². The summed E-state index contributed by atoms with van der Waals surface area (Å²) in [7, 11) is 1.78. The second kappa shape index (κ2) is 5.66. The Bertz CT molecular complexity index is 558. The molecule has 122 valence electrons. The fraction of sp³-hybridized carbons (Fsp3) is 0.750. The predicted octanol–water partition coefficient (Wildman–Crippen LogP) is 0.903. The number of carbonyl (C=O) groups excluding carboxylic acids is 1. The molecule has 0 aromatic carbocycles. The van der Waals surface area contributed by atoms with Gasteiger partial charge in [-0.2, -0.15) is 5.10 Å². The van der Waals surface area contributed by atoms with Crippen molar-refractivity contribution in [2.75, 3.05) is 6.54 Å². The predicted molar refractivity (Wildman–Crippen MR) is 83.2 cm³/mol. The normalized spacial score (nSPS) is 35.3. The zero-order chi connectivity index (χ0) is 15.9. The number of aliphatic hydroxyl groups is 1. The summed E-state index contributed by atoms with van der Waals surface area (Å²) in [6.45, 7) is 2.55. The SMILES string of the molecule is Cn1nccc1C(=O)N1[C@@H](CN)C[C@@]2(C)[C@H](O)CCCC[C@@H]12. The van der Waals surface area contributed by atoms with Gasteiger partial charge in [-0.3, -0.25) is 9.48 Å². The first-order valence-corrected chi connectivity index (χ1v) is 8.18. The van der Waals surface area contributed by atoms with Crippen LogP contribution in [0.15, 0.2) is 12.3 Å². The molecule has 1 aliphatic carbocycles. The lowest BCUT2D eigenvalue weighted by Crippen LogP contribution is -2.48. The highest BCUT2D eigenvalue weighted by molar-refractivity contribution is 5.93. The van der Waals surface area contributed by atoms with Gasteiger partial charge in [0.25, 0.3) is 5.91 Å². The van der Waals surface area contributed by atoms with Gasteiger partial charge in [-0.25, -0.2) is 0 Å². The van der Waals surface area contributed by atoms with E-state index in [-0.39, 0.29) is 29.5 Å². The van der Waals surface area contributed by atoms with Gasteiger partial charge in [0.05, 0.1) is 6.10 Å². The molecule has 6 heteroatoms. The Kier molecular flexibility index (Phi) is 3.99. The molecule has 0 radical (unpaired) electrons. The van der Waals surface area contributed by atoms with Crippen LogP contribution in [0.3, 0.4) is 0 Å². The van der Waals surface area contributed by atoms with Crippen molar-refractivity contribution in [3.63, 3.8) is 0 Å². The molecular weight excluding hydrogens is 280 g/mol. The van der Waals surface area contributed by atoms with E-state index < -0.39 is 0 Å². The molecule has 1 saturated carbocycles. The van der Waals surface area contributed by atoms with Crippen LogP contribution in [0.4, 0.5) is 0 Å². The van der Waals surface area contributed by atoms with Crippen molar-refractivity contribution in [1.29, 1.82) is 0 Å². The van der Waals surface area contributed by atoms with Gasteiger partial charge in [0, 0.05) is 37.3 Å². The van der Waals surface area contributed by atoms with E-state index in [4.69, 9.17) is 5.73 Å². The summed E-state index contributed by atoms with van der Waals surface area (Å²) >= 11 is 0. The van der Waals surface area contributed by atoms with Crippen LogP contribution in [0.5, 0.6) is 0 Å². The maximum Gasteiger partial charge on any atom is 0.272 e. The summed E-state index contributed by atoms with van der Waals surface area (Å²) in [5.41, 5.74) is 6.28. The van der Waals surface area contributed by atoms with Crippen molar-refractivity contribution < 1.29 is 9.90 Å². The Balaban J connectivity index is 1.97. The molecule has 2 heterocycles. The van der Waals surface area contributed by atoms with Crippen LogP contribution in [0.25, 0.3) is 0 Å². The number of aromatic nitrogens is 2. The molecule has 0 spiro atoms. The smallest absolute Gasteiger partial charge is 0.272 e. The number of amides is 1. The lowest BCUT2D eigenvalue weighted by atomic mass is 9.75. The topological polar surface area (TPSA) is 84.4 Å². The van der Waals surface area contributed by atoms with E-state index >= 15 is 0 Å². The highest BCUT2D eigenvalue weighted by atomic mass is 16.3. The van der Waals surface area contributed by atoms with E-state index in [2.05, 4.69) is 12.0 Å². The molecule has 1 saturated heterocycles. The summed E-state index contributed by atoms with van der Waals surface area (Å²) in [6, 6.07) is 1.80. The van der Waals surface area contributed by atoms with Gasteiger partial charge in [0.15, 0.2) is 0 Å². The van der Waals surface area contributed by atoms with Gasteiger partial charge >= 0.3 is 0 Å². The largest absolute Gasteiger partial charge is 0.392 e. The monoisotopic (exact) mass is 306 g/mol. The van der Waals surface area contributed by atoms with E-state index in [1.54, 1.807) is 24.0 Å². The van der Waals surface area contributed by atoms with Gasteiger partial charge < -0.3 is 15.7 Å². The number of hydrogen-bond donors (Lipinski definition) is 2. The number of aryl methyl sites for hydroxylation is 1. The minimum absolute atomic E-state index is 0.00912. The summed E-state index contributed by atoms with van der Waals surface area (Å²) in [4.78, 5) is 15.0. The molecule has 0 bridgehead atoms. The Morgan fingerprint density at radius 1 is 1.50 bits per heavy atom. The number of nitrogens with zero attached hydrogens (tertiary/aromatic N) is 3. The molecule has 1 amide bonds. The van der Waals surface area contributed by atoms with Crippen LogP contribution in [-0.4, -0.2) is 50.4 Å². The van der Waals surface area contributed by atoms with Gasteiger partial charge in [-0.1, -0.05) is 19.8 Å². The first-order valence-electron chi connectivity index (χ1n) is 8.18. The van der Waals surface area contributed by atoms with Crippen molar-refractivity contribution in [2.45, 2.75) is 57.2 Å². The Morgan fingerprint density at radius 2 is 2.23 bits per heavy atom. The number of nitrogens with two attached hydrogens (primary N) is 1. The van der Waals surface area contributed by atoms with Crippen molar-refractivity contribution in [2.24, 2.45) is 18.2 Å². The molecule has 2 aliphatic rings. The summed E-state index contributed by atoms with van der Waals surface area (Å²) in [5, 5.41) is 14.7. The van der Waals surface area contributed by atoms with E-state index in [1.165, 1.54) is 0 Å². The van der Waals surface area contributed by atoms with E-state index in [0.717, 1.165) is 32.1 Å².